The molecule has 0 unspecified atom stereocenters. The van der Waals surface area contributed by atoms with E-state index in [0.717, 1.165) is 42.5 Å². The standard InChI is InChI=1S/C23H19N3O4/c27-22-18(15-5-2-6-17-21(15)30-12-29-17)19(23(28)25-22)16-11-26-10-9-24-8-7-13-3-1-4-14(16)20(13)26/h1-6,11,24H,7-10,12H2,(H,25,27,28). The fraction of sp³-hybridized carbons (Fsp3) is 0.217. The second-order valence-corrected chi connectivity index (χ2v) is 7.62. The summed E-state index contributed by atoms with van der Waals surface area (Å²) in [6.45, 7) is 2.66. The minimum atomic E-state index is -0.415. The Balaban J connectivity index is 1.65. The Bertz CT molecular complexity index is 1270. The quantitative estimate of drug-likeness (QED) is 0.643. The fourth-order valence-corrected chi connectivity index (χ4v) is 4.66. The number of hydrogen-bond donors (Lipinski definition) is 2. The van der Waals surface area contributed by atoms with Crippen LogP contribution in [0.2, 0.25) is 0 Å². The minimum absolute atomic E-state index is 0.0974. The average Bonchev–Trinajstić information content (AvgIpc) is 3.41. The van der Waals surface area contributed by atoms with E-state index >= 15 is 0 Å². The summed E-state index contributed by atoms with van der Waals surface area (Å²) in [6, 6.07) is 11.6. The highest BCUT2D eigenvalue weighted by atomic mass is 16.7. The third kappa shape index (κ3) is 2.42. The van der Waals surface area contributed by atoms with Crippen molar-refractivity contribution in [1.82, 2.24) is 15.2 Å². The van der Waals surface area contributed by atoms with Gasteiger partial charge in [0.05, 0.1) is 16.7 Å². The van der Waals surface area contributed by atoms with Crippen LogP contribution in [-0.4, -0.2) is 36.3 Å². The van der Waals surface area contributed by atoms with E-state index in [1.54, 1.807) is 18.2 Å². The molecule has 7 nitrogen and oxygen atoms in total. The van der Waals surface area contributed by atoms with Gasteiger partial charge in [0.1, 0.15) is 0 Å². The normalized spacial score (nSPS) is 18.0. The maximum absolute atomic E-state index is 13.0. The van der Waals surface area contributed by atoms with E-state index in [9.17, 15) is 9.59 Å². The molecule has 2 N–H and O–H groups in total. The van der Waals surface area contributed by atoms with Gasteiger partial charge in [0, 0.05) is 35.8 Å². The number of nitrogens with zero attached hydrogens (tertiary/aromatic N) is 1. The smallest absolute Gasteiger partial charge is 0.259 e. The van der Waals surface area contributed by atoms with Crippen LogP contribution in [0.3, 0.4) is 0 Å². The van der Waals surface area contributed by atoms with Crippen LogP contribution < -0.4 is 20.1 Å². The predicted molar refractivity (Wildman–Crippen MR) is 111 cm³/mol. The van der Waals surface area contributed by atoms with Gasteiger partial charge in [-0.3, -0.25) is 14.9 Å². The number of imide groups is 1. The van der Waals surface area contributed by atoms with Gasteiger partial charge in [-0.1, -0.05) is 30.3 Å². The first kappa shape index (κ1) is 17.3. The Labute approximate surface area is 172 Å². The lowest BCUT2D eigenvalue weighted by molar-refractivity contribution is -0.122. The molecule has 3 aromatic rings. The summed E-state index contributed by atoms with van der Waals surface area (Å²) in [7, 11) is 0. The molecule has 0 bridgehead atoms. The van der Waals surface area contributed by atoms with Gasteiger partial charge in [0.2, 0.25) is 6.79 Å². The molecule has 2 amide bonds. The number of nitrogens with one attached hydrogen (secondary N) is 2. The van der Waals surface area contributed by atoms with Gasteiger partial charge in [-0.25, -0.2) is 0 Å². The Morgan fingerprint density at radius 1 is 0.900 bits per heavy atom. The summed E-state index contributed by atoms with van der Waals surface area (Å²) in [5.41, 5.74) is 4.42. The first-order valence-corrected chi connectivity index (χ1v) is 10.0. The van der Waals surface area contributed by atoms with Gasteiger partial charge in [-0.2, -0.15) is 0 Å². The van der Waals surface area contributed by atoms with Crippen LogP contribution >= 0.6 is 0 Å². The second-order valence-electron chi connectivity index (χ2n) is 7.62. The highest BCUT2D eigenvalue weighted by Gasteiger charge is 2.36. The molecule has 0 radical (unpaired) electrons. The van der Waals surface area contributed by atoms with Gasteiger partial charge in [-0.15, -0.1) is 0 Å². The Hall–Kier alpha value is -3.58. The summed E-state index contributed by atoms with van der Waals surface area (Å²) in [6.07, 6.45) is 2.91. The molecule has 30 heavy (non-hydrogen) atoms. The number of benzene rings is 2. The van der Waals surface area contributed by atoms with Crippen molar-refractivity contribution in [3.05, 3.63) is 59.3 Å². The molecular formula is C23H19N3O4. The van der Waals surface area contributed by atoms with E-state index in [1.165, 1.54) is 5.56 Å². The molecule has 0 spiro atoms. The van der Waals surface area contributed by atoms with Crippen molar-refractivity contribution in [3.8, 4) is 11.5 Å². The summed E-state index contributed by atoms with van der Waals surface area (Å²) >= 11 is 0. The molecule has 0 fully saturated rings. The maximum Gasteiger partial charge on any atom is 0.259 e. The summed E-state index contributed by atoms with van der Waals surface area (Å²) in [5, 5.41) is 6.90. The Kier molecular flexibility index (Phi) is 3.73. The molecule has 3 aliphatic heterocycles. The van der Waals surface area contributed by atoms with Crippen LogP contribution in [0.1, 0.15) is 16.7 Å². The van der Waals surface area contributed by atoms with Crippen molar-refractivity contribution >= 4 is 33.9 Å². The lowest BCUT2D eigenvalue weighted by Gasteiger charge is -2.14. The molecule has 3 aliphatic rings. The Morgan fingerprint density at radius 3 is 2.63 bits per heavy atom. The number of amides is 2. The number of aromatic nitrogens is 1. The highest BCUT2D eigenvalue weighted by Crippen LogP contribution is 2.44. The van der Waals surface area contributed by atoms with Gasteiger partial charge in [0.25, 0.3) is 11.8 Å². The zero-order chi connectivity index (χ0) is 20.2. The van der Waals surface area contributed by atoms with Gasteiger partial charge < -0.3 is 19.4 Å². The molecule has 150 valence electrons. The van der Waals surface area contributed by atoms with Crippen LogP contribution in [-0.2, 0) is 22.6 Å². The van der Waals surface area contributed by atoms with Gasteiger partial charge in [-0.05, 0) is 24.6 Å². The third-order valence-corrected chi connectivity index (χ3v) is 5.95. The molecule has 7 heteroatoms. The molecular weight excluding hydrogens is 382 g/mol. The number of para-hydroxylation sites is 2. The molecule has 4 heterocycles. The average molecular weight is 401 g/mol. The van der Waals surface area contributed by atoms with E-state index in [-0.39, 0.29) is 12.7 Å². The van der Waals surface area contributed by atoms with Crippen molar-refractivity contribution in [2.45, 2.75) is 13.0 Å². The zero-order valence-electron chi connectivity index (χ0n) is 16.2. The predicted octanol–water partition coefficient (Wildman–Crippen LogP) is 2.08. The molecule has 0 saturated carbocycles. The van der Waals surface area contributed by atoms with Crippen LogP contribution in [0.15, 0.2) is 42.6 Å². The number of hydrogen-bond acceptors (Lipinski definition) is 5. The highest BCUT2D eigenvalue weighted by molar-refractivity contribution is 6.50. The summed E-state index contributed by atoms with van der Waals surface area (Å²) in [4.78, 5) is 25.8. The van der Waals surface area contributed by atoms with Crippen LogP contribution in [0.5, 0.6) is 11.5 Å². The van der Waals surface area contributed by atoms with Crippen molar-refractivity contribution in [3.63, 3.8) is 0 Å². The monoisotopic (exact) mass is 401 g/mol. The second kappa shape index (κ2) is 6.47. The number of fused-ring (bicyclic) bond motifs is 1. The molecule has 2 aromatic carbocycles. The van der Waals surface area contributed by atoms with E-state index in [2.05, 4.69) is 21.3 Å². The Morgan fingerprint density at radius 2 is 1.73 bits per heavy atom. The van der Waals surface area contributed by atoms with Crippen LogP contribution in [0.4, 0.5) is 0 Å². The molecule has 0 aliphatic carbocycles. The number of ether oxygens (including phenoxy) is 2. The van der Waals surface area contributed by atoms with E-state index in [0.29, 0.717) is 28.2 Å². The molecule has 6 rings (SSSR count). The first-order valence-electron chi connectivity index (χ1n) is 10.0. The van der Waals surface area contributed by atoms with Crippen LogP contribution in [0, 0.1) is 0 Å². The van der Waals surface area contributed by atoms with Gasteiger partial charge in [0.15, 0.2) is 11.5 Å². The fourth-order valence-electron chi connectivity index (χ4n) is 4.66. The first-order chi connectivity index (χ1) is 14.7. The van der Waals surface area contributed by atoms with E-state index in [4.69, 9.17) is 9.47 Å². The minimum Gasteiger partial charge on any atom is -0.454 e. The van der Waals surface area contributed by atoms with Crippen molar-refractivity contribution < 1.29 is 19.1 Å². The third-order valence-electron chi connectivity index (χ3n) is 5.95. The molecule has 0 atom stereocenters. The van der Waals surface area contributed by atoms with Gasteiger partial charge >= 0.3 is 0 Å². The van der Waals surface area contributed by atoms with Crippen molar-refractivity contribution in [1.29, 1.82) is 0 Å². The van der Waals surface area contributed by atoms with Crippen molar-refractivity contribution in [2.75, 3.05) is 19.9 Å². The number of carbonyl (C=O) groups excluding carboxylic acids is 2. The molecule has 0 saturated heterocycles. The topological polar surface area (TPSA) is 81.6 Å². The molecule has 1 aromatic heterocycles. The zero-order valence-corrected chi connectivity index (χ0v) is 16.2. The van der Waals surface area contributed by atoms with E-state index < -0.39 is 5.91 Å². The number of rotatable bonds is 2. The SMILES string of the molecule is O=C1NC(=O)C(c2cn3c4c(cccc24)CCNCC3)=C1c1cccc2c1OCO2. The summed E-state index contributed by atoms with van der Waals surface area (Å²) < 4.78 is 13.3. The van der Waals surface area contributed by atoms with Crippen molar-refractivity contribution in [2.24, 2.45) is 0 Å². The van der Waals surface area contributed by atoms with E-state index in [1.807, 2.05) is 18.3 Å². The van der Waals surface area contributed by atoms with Crippen LogP contribution in [0.25, 0.3) is 22.0 Å². The lowest BCUT2D eigenvalue weighted by atomic mass is 9.94. The largest absolute Gasteiger partial charge is 0.454 e. The lowest BCUT2D eigenvalue weighted by Crippen LogP contribution is -2.24. The maximum atomic E-state index is 13.0. The summed E-state index contributed by atoms with van der Waals surface area (Å²) in [5.74, 6) is 0.278. The number of carbonyl (C=O) groups is 2.